The van der Waals surface area contributed by atoms with Gasteiger partial charge in [-0.2, -0.15) is 0 Å². The number of hydrogen-bond donors (Lipinski definition) is 1. The summed E-state index contributed by atoms with van der Waals surface area (Å²) in [5.41, 5.74) is 0.552. The second kappa shape index (κ2) is 6.89. The van der Waals surface area contributed by atoms with Crippen molar-refractivity contribution < 1.29 is 9.59 Å². The number of benzene rings is 1. The van der Waals surface area contributed by atoms with Crippen molar-refractivity contribution in [1.82, 2.24) is 15.1 Å². The summed E-state index contributed by atoms with van der Waals surface area (Å²) in [7, 11) is 0. The lowest BCUT2D eigenvalue weighted by atomic mass is 9.84. The number of nitrogens with zero attached hydrogens (tertiary/aromatic N) is 2. The van der Waals surface area contributed by atoms with Crippen molar-refractivity contribution in [1.29, 1.82) is 0 Å². The fourth-order valence-electron chi connectivity index (χ4n) is 3.60. The number of carbonyl (C=O) groups excluding carboxylic acids is 2. The maximum atomic E-state index is 12.7. The van der Waals surface area contributed by atoms with Gasteiger partial charge >= 0.3 is 0 Å². The standard InChI is InChI=1S/C17H22ClN3O2/c18-11-15(22)20-9-10-21(12-14-5-2-1-3-6-14)17(13-20)7-4-8-19-16(17)23/h1-3,5-6H,4,7-13H2,(H,19,23)/t17-/m1/s1. The Morgan fingerprint density at radius 1 is 1.26 bits per heavy atom. The van der Waals surface area contributed by atoms with E-state index in [1.807, 2.05) is 18.2 Å². The second-order valence-corrected chi connectivity index (χ2v) is 6.51. The molecule has 2 amide bonds. The van der Waals surface area contributed by atoms with Crippen LogP contribution in [0.2, 0.25) is 0 Å². The lowest BCUT2D eigenvalue weighted by Gasteiger charge is -2.51. The minimum Gasteiger partial charge on any atom is -0.354 e. The second-order valence-electron chi connectivity index (χ2n) is 6.25. The number of nitrogens with one attached hydrogen (secondary N) is 1. The number of carbonyl (C=O) groups is 2. The van der Waals surface area contributed by atoms with Gasteiger partial charge in [0.2, 0.25) is 11.8 Å². The molecule has 0 saturated carbocycles. The summed E-state index contributed by atoms with van der Waals surface area (Å²) in [4.78, 5) is 28.7. The zero-order chi connectivity index (χ0) is 16.3. The van der Waals surface area contributed by atoms with Crippen LogP contribution in [0.4, 0.5) is 0 Å². The van der Waals surface area contributed by atoms with Crippen LogP contribution in [-0.4, -0.2) is 59.2 Å². The van der Waals surface area contributed by atoms with E-state index in [1.165, 1.54) is 5.56 Å². The van der Waals surface area contributed by atoms with Crippen molar-refractivity contribution in [2.24, 2.45) is 0 Å². The quantitative estimate of drug-likeness (QED) is 0.845. The van der Waals surface area contributed by atoms with Gasteiger partial charge in [0.25, 0.3) is 0 Å². The number of hydrogen-bond acceptors (Lipinski definition) is 3. The molecule has 0 aromatic heterocycles. The highest BCUT2D eigenvalue weighted by Crippen LogP contribution is 2.31. The molecule has 2 aliphatic rings. The molecule has 3 rings (SSSR count). The molecule has 2 aliphatic heterocycles. The summed E-state index contributed by atoms with van der Waals surface area (Å²) in [6.07, 6.45) is 1.71. The van der Waals surface area contributed by atoms with Gasteiger partial charge in [-0.3, -0.25) is 14.5 Å². The number of halogens is 1. The predicted octanol–water partition coefficient (Wildman–Crippen LogP) is 1.22. The first kappa shape index (κ1) is 16.3. The molecular formula is C17H22ClN3O2. The Morgan fingerprint density at radius 2 is 2.04 bits per heavy atom. The number of alkyl halides is 1. The van der Waals surface area contributed by atoms with Gasteiger partial charge < -0.3 is 10.2 Å². The zero-order valence-corrected chi connectivity index (χ0v) is 13.9. The monoisotopic (exact) mass is 335 g/mol. The van der Waals surface area contributed by atoms with E-state index in [0.717, 1.165) is 19.4 Å². The van der Waals surface area contributed by atoms with E-state index in [0.29, 0.717) is 26.2 Å². The summed E-state index contributed by atoms with van der Waals surface area (Å²) < 4.78 is 0. The molecule has 2 heterocycles. The molecule has 0 aliphatic carbocycles. The highest BCUT2D eigenvalue weighted by atomic mass is 35.5. The molecule has 0 bridgehead atoms. The first-order valence-electron chi connectivity index (χ1n) is 8.07. The third-order valence-electron chi connectivity index (χ3n) is 4.86. The van der Waals surface area contributed by atoms with E-state index >= 15 is 0 Å². The SMILES string of the molecule is O=C(CCl)N1CCN(Cc2ccccc2)[C@]2(CCCNC2=O)C1. The molecule has 2 fully saturated rings. The molecule has 1 N–H and O–H groups in total. The van der Waals surface area contributed by atoms with E-state index in [4.69, 9.17) is 11.6 Å². The largest absolute Gasteiger partial charge is 0.354 e. The normalized spacial score (nSPS) is 25.4. The minimum atomic E-state index is -0.631. The summed E-state index contributed by atoms with van der Waals surface area (Å²) in [6.45, 7) is 3.16. The molecule has 1 aromatic carbocycles. The molecular weight excluding hydrogens is 314 g/mol. The van der Waals surface area contributed by atoms with Gasteiger partial charge in [-0.25, -0.2) is 0 Å². The first-order valence-corrected chi connectivity index (χ1v) is 8.60. The Morgan fingerprint density at radius 3 is 2.74 bits per heavy atom. The summed E-state index contributed by atoms with van der Waals surface area (Å²) in [5, 5.41) is 2.98. The number of piperidine rings is 1. The topological polar surface area (TPSA) is 52.7 Å². The average molecular weight is 336 g/mol. The molecule has 23 heavy (non-hydrogen) atoms. The van der Waals surface area contributed by atoms with E-state index in [2.05, 4.69) is 22.3 Å². The fourth-order valence-corrected chi connectivity index (χ4v) is 3.76. The molecule has 2 saturated heterocycles. The Balaban J connectivity index is 1.85. The van der Waals surface area contributed by atoms with Crippen molar-refractivity contribution in [3.05, 3.63) is 35.9 Å². The van der Waals surface area contributed by atoms with Gasteiger partial charge in [-0.1, -0.05) is 30.3 Å². The third-order valence-corrected chi connectivity index (χ3v) is 5.08. The van der Waals surface area contributed by atoms with Gasteiger partial charge in [0.15, 0.2) is 0 Å². The maximum Gasteiger partial charge on any atom is 0.242 e. The van der Waals surface area contributed by atoms with Crippen LogP contribution in [-0.2, 0) is 16.1 Å². The first-order chi connectivity index (χ1) is 11.2. The highest BCUT2D eigenvalue weighted by Gasteiger charge is 2.49. The highest BCUT2D eigenvalue weighted by molar-refractivity contribution is 6.27. The van der Waals surface area contributed by atoms with Gasteiger partial charge in [-0.05, 0) is 18.4 Å². The molecule has 0 radical (unpaired) electrons. The van der Waals surface area contributed by atoms with Gasteiger partial charge in [0.1, 0.15) is 11.4 Å². The summed E-state index contributed by atoms with van der Waals surface area (Å²) >= 11 is 5.71. The smallest absolute Gasteiger partial charge is 0.242 e. The Hall–Kier alpha value is -1.59. The van der Waals surface area contributed by atoms with Crippen LogP contribution >= 0.6 is 11.6 Å². The van der Waals surface area contributed by atoms with Crippen molar-refractivity contribution in [3.8, 4) is 0 Å². The van der Waals surface area contributed by atoms with Crippen LogP contribution in [0.3, 0.4) is 0 Å². The minimum absolute atomic E-state index is 0.0314. The van der Waals surface area contributed by atoms with Crippen molar-refractivity contribution >= 4 is 23.4 Å². The van der Waals surface area contributed by atoms with Crippen LogP contribution in [0, 0.1) is 0 Å². The molecule has 6 heteroatoms. The molecule has 124 valence electrons. The van der Waals surface area contributed by atoms with Crippen LogP contribution in [0.25, 0.3) is 0 Å². The number of amides is 2. The van der Waals surface area contributed by atoms with Gasteiger partial charge in [0, 0.05) is 32.7 Å². The van der Waals surface area contributed by atoms with Crippen molar-refractivity contribution in [2.45, 2.75) is 24.9 Å². The molecule has 0 unspecified atom stereocenters. The number of piperazine rings is 1. The van der Waals surface area contributed by atoms with E-state index < -0.39 is 5.54 Å². The van der Waals surface area contributed by atoms with E-state index in [-0.39, 0.29) is 17.7 Å². The van der Waals surface area contributed by atoms with Crippen molar-refractivity contribution in [3.63, 3.8) is 0 Å². The molecule has 1 aromatic rings. The Bertz CT molecular complexity index is 580. The maximum absolute atomic E-state index is 12.7. The zero-order valence-electron chi connectivity index (χ0n) is 13.1. The molecule has 1 atom stereocenters. The Kier molecular flexibility index (Phi) is 4.87. The van der Waals surface area contributed by atoms with Crippen LogP contribution in [0.5, 0.6) is 0 Å². The van der Waals surface area contributed by atoms with Crippen LogP contribution < -0.4 is 5.32 Å². The van der Waals surface area contributed by atoms with Crippen molar-refractivity contribution in [2.75, 3.05) is 32.1 Å². The van der Waals surface area contributed by atoms with E-state index in [9.17, 15) is 9.59 Å². The van der Waals surface area contributed by atoms with Gasteiger partial charge in [-0.15, -0.1) is 11.6 Å². The summed E-state index contributed by atoms with van der Waals surface area (Å²) in [6, 6.07) is 10.2. The lowest BCUT2D eigenvalue weighted by molar-refractivity contribution is -0.148. The van der Waals surface area contributed by atoms with Crippen LogP contribution in [0.1, 0.15) is 18.4 Å². The molecule has 1 spiro atoms. The molecule has 5 nitrogen and oxygen atoms in total. The lowest BCUT2D eigenvalue weighted by Crippen LogP contribution is -2.70. The van der Waals surface area contributed by atoms with Gasteiger partial charge in [0.05, 0.1) is 0 Å². The number of rotatable bonds is 3. The predicted molar refractivity (Wildman–Crippen MR) is 89.1 cm³/mol. The van der Waals surface area contributed by atoms with Crippen LogP contribution in [0.15, 0.2) is 30.3 Å². The van der Waals surface area contributed by atoms with E-state index in [1.54, 1.807) is 4.90 Å². The Labute approximate surface area is 141 Å². The third kappa shape index (κ3) is 3.21. The summed E-state index contributed by atoms with van der Waals surface area (Å²) in [5.74, 6) is -0.0911. The fraction of sp³-hybridized carbons (Fsp3) is 0.529. The average Bonchev–Trinajstić information content (AvgIpc) is 2.59.